The van der Waals surface area contributed by atoms with E-state index in [1.807, 2.05) is 57.1 Å². The molecule has 0 radical (unpaired) electrons. The Bertz CT molecular complexity index is 480. The van der Waals surface area contributed by atoms with Crippen LogP contribution in [0.5, 0.6) is 5.75 Å². The van der Waals surface area contributed by atoms with Crippen LogP contribution in [0.1, 0.15) is 25.8 Å². The van der Waals surface area contributed by atoms with Crippen molar-refractivity contribution in [3.63, 3.8) is 0 Å². The van der Waals surface area contributed by atoms with Gasteiger partial charge in [-0.1, -0.05) is 26.0 Å². The third-order valence-electron chi connectivity index (χ3n) is 3.74. The third kappa shape index (κ3) is 4.51. The summed E-state index contributed by atoms with van der Waals surface area (Å²) in [6, 6.07) is 7.39. The molecule has 0 aromatic heterocycles. The molecular weight excluding hydrogens is 290 g/mol. The van der Waals surface area contributed by atoms with Crippen molar-refractivity contribution in [3.05, 3.63) is 29.8 Å². The highest BCUT2D eigenvalue weighted by atomic mass is 32.2. The van der Waals surface area contributed by atoms with E-state index in [1.54, 1.807) is 7.11 Å². The molecule has 1 aromatic carbocycles. The van der Waals surface area contributed by atoms with Gasteiger partial charge in [0.1, 0.15) is 11.4 Å². The van der Waals surface area contributed by atoms with E-state index in [9.17, 15) is 8.76 Å². The molecule has 1 rings (SSSR count). The molecule has 21 heavy (non-hydrogen) atoms. The Balaban J connectivity index is 3.30. The summed E-state index contributed by atoms with van der Waals surface area (Å²) in [7, 11) is 5.50. The maximum absolute atomic E-state index is 11.2. The van der Waals surface area contributed by atoms with Crippen LogP contribution < -0.4 is 4.74 Å². The molecule has 0 bridgehead atoms. The number of rotatable bonds is 8. The van der Waals surface area contributed by atoms with Gasteiger partial charge < -0.3 is 14.2 Å². The van der Waals surface area contributed by atoms with Crippen LogP contribution in [0.3, 0.4) is 0 Å². The second-order valence-corrected chi connectivity index (χ2v) is 6.00. The van der Waals surface area contributed by atoms with Gasteiger partial charge in [-0.2, -0.15) is 0 Å². The summed E-state index contributed by atoms with van der Waals surface area (Å²) >= 11 is -2.59. The maximum atomic E-state index is 11.2. The van der Waals surface area contributed by atoms with Gasteiger partial charge in [-0.25, -0.2) is 4.21 Å². The third-order valence-corrected chi connectivity index (χ3v) is 4.17. The first kappa shape index (κ1) is 18.1. The van der Waals surface area contributed by atoms with Crippen molar-refractivity contribution in [2.45, 2.75) is 25.9 Å². The highest BCUT2D eigenvalue weighted by molar-refractivity contribution is 7.74. The lowest BCUT2D eigenvalue weighted by molar-refractivity contribution is 0.000328. The van der Waals surface area contributed by atoms with Gasteiger partial charge >= 0.3 is 0 Å². The van der Waals surface area contributed by atoms with E-state index in [-0.39, 0.29) is 5.92 Å². The number of hydrogen-bond acceptors (Lipinski definition) is 5. The minimum absolute atomic E-state index is 0.0116. The van der Waals surface area contributed by atoms with Crippen molar-refractivity contribution in [2.75, 3.05) is 27.7 Å². The molecule has 0 saturated heterocycles. The second kappa shape index (κ2) is 7.89. The molecule has 0 aliphatic carbocycles. The van der Waals surface area contributed by atoms with Crippen LogP contribution in [0.4, 0.5) is 0 Å². The van der Waals surface area contributed by atoms with Crippen LogP contribution in [-0.2, 0) is 21.1 Å². The molecule has 0 amide bonds. The molecule has 5 nitrogen and oxygen atoms in total. The van der Waals surface area contributed by atoms with Crippen molar-refractivity contribution in [1.82, 2.24) is 4.90 Å². The Kier molecular flexibility index (Phi) is 6.80. The number of benzene rings is 1. The molecule has 3 atom stereocenters. The normalized spacial score (nSPS) is 17.3. The molecule has 6 heteroatoms. The molecule has 0 N–H and O–H groups in total. The predicted octanol–water partition coefficient (Wildman–Crippen LogP) is 2.31. The van der Waals surface area contributed by atoms with Gasteiger partial charge in [0, 0.05) is 12.5 Å². The minimum Gasteiger partial charge on any atom is -0.750 e. The summed E-state index contributed by atoms with van der Waals surface area (Å²) < 4.78 is 33.1. The fraction of sp³-hybridized carbons (Fsp3) is 0.600. The predicted molar refractivity (Wildman–Crippen MR) is 82.7 cm³/mol. The standard InChI is InChI=1S/C15H25NO4S/c1-6-15(20-21(17)18,12(2)11-16(3)4)13-8-7-9-14(10-13)19-5/h7-10,12H,6,11H2,1-5H3,(H,17,18)/p-1/t12-,15+/m0/s1. The smallest absolute Gasteiger partial charge is 0.119 e. The van der Waals surface area contributed by atoms with Gasteiger partial charge in [0.2, 0.25) is 0 Å². The van der Waals surface area contributed by atoms with Crippen molar-refractivity contribution >= 4 is 11.4 Å². The Morgan fingerprint density at radius 2 is 2.10 bits per heavy atom. The first-order valence-corrected chi connectivity index (χ1v) is 7.93. The minimum atomic E-state index is -2.59. The summed E-state index contributed by atoms with van der Waals surface area (Å²) in [5.41, 5.74) is -0.0892. The Morgan fingerprint density at radius 1 is 1.43 bits per heavy atom. The van der Waals surface area contributed by atoms with E-state index in [1.165, 1.54) is 0 Å². The number of nitrogens with zero attached hydrogens (tertiary/aromatic N) is 1. The molecule has 1 aromatic rings. The maximum Gasteiger partial charge on any atom is 0.119 e. The van der Waals surface area contributed by atoms with E-state index in [2.05, 4.69) is 0 Å². The molecular formula is C15H24NO4S-. The van der Waals surface area contributed by atoms with Crippen LogP contribution in [-0.4, -0.2) is 41.4 Å². The SMILES string of the molecule is CC[C@](OS(=O)[O-])(c1cccc(OC)c1)[C@@H](C)CN(C)C. The first-order valence-electron chi connectivity index (χ1n) is 6.93. The number of hydrogen-bond donors (Lipinski definition) is 0. The summed E-state index contributed by atoms with van der Waals surface area (Å²) in [6.07, 6.45) is 0.545. The summed E-state index contributed by atoms with van der Waals surface area (Å²) in [6.45, 7) is 4.64. The van der Waals surface area contributed by atoms with Gasteiger partial charge in [0.15, 0.2) is 0 Å². The summed E-state index contributed by atoms with van der Waals surface area (Å²) in [5.74, 6) is 0.671. The first-order chi connectivity index (χ1) is 9.85. The van der Waals surface area contributed by atoms with E-state index >= 15 is 0 Å². The Labute approximate surface area is 129 Å². The lowest BCUT2D eigenvalue weighted by atomic mass is 9.80. The average Bonchev–Trinajstić information content (AvgIpc) is 2.43. The lowest BCUT2D eigenvalue weighted by Gasteiger charge is -2.40. The monoisotopic (exact) mass is 314 g/mol. The number of methoxy groups -OCH3 is 1. The summed E-state index contributed by atoms with van der Waals surface area (Å²) in [4.78, 5) is 2.02. The molecule has 0 aliphatic rings. The van der Waals surface area contributed by atoms with Crippen LogP contribution in [0.2, 0.25) is 0 Å². The molecule has 0 heterocycles. The highest BCUT2D eigenvalue weighted by Gasteiger charge is 2.39. The Hall–Kier alpha value is -0.950. The van der Waals surface area contributed by atoms with Crippen molar-refractivity contribution < 1.29 is 17.7 Å². The van der Waals surface area contributed by atoms with Gasteiger partial charge in [-0.15, -0.1) is 0 Å². The quantitative estimate of drug-likeness (QED) is 0.689. The van der Waals surface area contributed by atoms with Gasteiger partial charge in [-0.3, -0.25) is 4.18 Å². The fourth-order valence-electron chi connectivity index (χ4n) is 2.73. The van der Waals surface area contributed by atoms with Gasteiger partial charge in [0.05, 0.1) is 18.5 Å². The second-order valence-electron chi connectivity index (χ2n) is 5.43. The van der Waals surface area contributed by atoms with Crippen LogP contribution in [0.25, 0.3) is 0 Å². The molecule has 120 valence electrons. The van der Waals surface area contributed by atoms with Gasteiger partial charge in [0.25, 0.3) is 0 Å². The lowest BCUT2D eigenvalue weighted by Crippen LogP contribution is -2.41. The topological polar surface area (TPSA) is 61.8 Å². The van der Waals surface area contributed by atoms with Crippen molar-refractivity contribution in [3.8, 4) is 5.75 Å². The van der Waals surface area contributed by atoms with Crippen molar-refractivity contribution in [1.29, 1.82) is 0 Å². The van der Waals surface area contributed by atoms with Crippen LogP contribution >= 0.6 is 0 Å². The largest absolute Gasteiger partial charge is 0.750 e. The van der Waals surface area contributed by atoms with E-state index < -0.39 is 17.0 Å². The van der Waals surface area contributed by atoms with Crippen molar-refractivity contribution in [2.24, 2.45) is 5.92 Å². The summed E-state index contributed by atoms with van der Waals surface area (Å²) in [5, 5.41) is 0. The molecule has 0 fully saturated rings. The zero-order chi connectivity index (χ0) is 16.0. The Morgan fingerprint density at radius 3 is 2.57 bits per heavy atom. The zero-order valence-electron chi connectivity index (χ0n) is 13.3. The fourth-order valence-corrected chi connectivity index (χ4v) is 3.35. The molecule has 1 unspecified atom stereocenters. The molecule has 0 aliphatic heterocycles. The van der Waals surface area contributed by atoms with E-state index in [4.69, 9.17) is 8.92 Å². The van der Waals surface area contributed by atoms with Crippen LogP contribution in [0.15, 0.2) is 24.3 Å². The average molecular weight is 314 g/mol. The van der Waals surface area contributed by atoms with Gasteiger partial charge in [-0.05, 0) is 38.2 Å². The number of ether oxygens (including phenoxy) is 1. The zero-order valence-corrected chi connectivity index (χ0v) is 14.1. The van der Waals surface area contributed by atoms with E-state index in [0.717, 1.165) is 5.56 Å². The van der Waals surface area contributed by atoms with E-state index in [0.29, 0.717) is 18.7 Å². The molecule has 0 spiro atoms. The van der Waals surface area contributed by atoms with Crippen LogP contribution in [0, 0.1) is 5.92 Å². The highest BCUT2D eigenvalue weighted by Crippen LogP contribution is 2.39. The molecule has 0 saturated carbocycles.